The standard InChI is InChI=1S/C19H21N3OS2/c1-13(18-21-16-6-4-5-7-17(16)25-18)22(2)19(24)20-12-14-8-10-15(23-3)11-9-14/h4-11,13H,12H2,1-3H3,(H,20,24)/t13-/m0/s1. The van der Waals surface area contributed by atoms with Crippen molar-refractivity contribution in [2.24, 2.45) is 0 Å². The molecule has 0 unspecified atom stereocenters. The molecule has 1 atom stereocenters. The van der Waals surface area contributed by atoms with Gasteiger partial charge < -0.3 is 15.0 Å². The molecule has 3 rings (SSSR count). The zero-order valence-corrected chi connectivity index (χ0v) is 16.2. The monoisotopic (exact) mass is 371 g/mol. The van der Waals surface area contributed by atoms with E-state index in [1.165, 1.54) is 4.70 Å². The lowest BCUT2D eigenvalue weighted by molar-refractivity contribution is 0.394. The average molecular weight is 372 g/mol. The Labute approximate surface area is 157 Å². The zero-order valence-electron chi connectivity index (χ0n) is 14.5. The van der Waals surface area contributed by atoms with Crippen LogP contribution in [0.15, 0.2) is 48.5 Å². The molecule has 0 amide bonds. The van der Waals surface area contributed by atoms with Crippen molar-refractivity contribution in [3.05, 3.63) is 59.1 Å². The van der Waals surface area contributed by atoms with Gasteiger partial charge in [-0.05, 0) is 49.0 Å². The van der Waals surface area contributed by atoms with Crippen LogP contribution in [0.2, 0.25) is 0 Å². The minimum atomic E-state index is 0.119. The fourth-order valence-corrected chi connectivity index (χ4v) is 3.75. The third-order valence-corrected chi connectivity index (χ3v) is 5.81. The molecule has 0 bridgehead atoms. The molecule has 0 spiro atoms. The number of aromatic nitrogens is 1. The summed E-state index contributed by atoms with van der Waals surface area (Å²) in [4.78, 5) is 6.78. The molecule has 0 saturated heterocycles. The van der Waals surface area contributed by atoms with E-state index in [4.69, 9.17) is 21.9 Å². The van der Waals surface area contributed by atoms with E-state index in [9.17, 15) is 0 Å². The number of ether oxygens (including phenoxy) is 1. The molecule has 0 aliphatic rings. The Morgan fingerprint density at radius 2 is 1.96 bits per heavy atom. The number of para-hydroxylation sites is 1. The summed E-state index contributed by atoms with van der Waals surface area (Å²) >= 11 is 7.26. The molecule has 1 N–H and O–H groups in total. The van der Waals surface area contributed by atoms with E-state index in [-0.39, 0.29) is 6.04 Å². The maximum Gasteiger partial charge on any atom is 0.169 e. The molecule has 3 aromatic rings. The molecule has 0 saturated carbocycles. The van der Waals surface area contributed by atoms with E-state index < -0.39 is 0 Å². The van der Waals surface area contributed by atoms with E-state index in [1.54, 1.807) is 18.4 Å². The summed E-state index contributed by atoms with van der Waals surface area (Å²) in [6.45, 7) is 2.80. The number of nitrogens with one attached hydrogen (secondary N) is 1. The van der Waals surface area contributed by atoms with Gasteiger partial charge in [0.1, 0.15) is 10.8 Å². The van der Waals surface area contributed by atoms with Crippen LogP contribution in [0.4, 0.5) is 0 Å². The number of thiazole rings is 1. The van der Waals surface area contributed by atoms with Crippen LogP contribution in [-0.4, -0.2) is 29.2 Å². The predicted octanol–water partition coefficient (Wildman–Crippen LogP) is 4.37. The lowest BCUT2D eigenvalue weighted by Gasteiger charge is -2.26. The van der Waals surface area contributed by atoms with Gasteiger partial charge in [-0.2, -0.15) is 0 Å². The van der Waals surface area contributed by atoms with E-state index in [0.29, 0.717) is 11.7 Å². The van der Waals surface area contributed by atoms with Crippen molar-refractivity contribution in [1.29, 1.82) is 0 Å². The van der Waals surface area contributed by atoms with Crippen LogP contribution in [0, 0.1) is 0 Å². The summed E-state index contributed by atoms with van der Waals surface area (Å²) in [6.07, 6.45) is 0. The Balaban J connectivity index is 1.62. The smallest absolute Gasteiger partial charge is 0.169 e. The molecule has 130 valence electrons. The van der Waals surface area contributed by atoms with Gasteiger partial charge in [0.2, 0.25) is 0 Å². The number of benzene rings is 2. The number of methoxy groups -OCH3 is 1. The van der Waals surface area contributed by atoms with Crippen LogP contribution >= 0.6 is 23.6 Å². The van der Waals surface area contributed by atoms with Gasteiger partial charge in [0.15, 0.2) is 5.11 Å². The molecule has 0 fully saturated rings. The van der Waals surface area contributed by atoms with Crippen molar-refractivity contribution in [2.45, 2.75) is 19.5 Å². The Bertz CT molecular complexity index is 827. The maximum absolute atomic E-state index is 5.55. The van der Waals surface area contributed by atoms with Gasteiger partial charge in [-0.25, -0.2) is 4.98 Å². The van der Waals surface area contributed by atoms with E-state index in [2.05, 4.69) is 23.2 Å². The van der Waals surface area contributed by atoms with Crippen molar-refractivity contribution in [1.82, 2.24) is 15.2 Å². The quantitative estimate of drug-likeness (QED) is 0.674. The number of fused-ring (bicyclic) bond motifs is 1. The third-order valence-electron chi connectivity index (χ3n) is 4.17. The summed E-state index contributed by atoms with van der Waals surface area (Å²) in [6, 6.07) is 16.3. The van der Waals surface area contributed by atoms with Gasteiger partial charge >= 0.3 is 0 Å². The highest BCUT2D eigenvalue weighted by molar-refractivity contribution is 7.80. The first-order valence-electron chi connectivity index (χ1n) is 8.07. The summed E-state index contributed by atoms with van der Waals surface area (Å²) in [7, 11) is 3.67. The van der Waals surface area contributed by atoms with Crippen LogP contribution < -0.4 is 10.1 Å². The minimum Gasteiger partial charge on any atom is -0.497 e. The van der Waals surface area contributed by atoms with Gasteiger partial charge in [-0.1, -0.05) is 24.3 Å². The first-order chi connectivity index (χ1) is 12.1. The average Bonchev–Trinajstić information content (AvgIpc) is 3.09. The van der Waals surface area contributed by atoms with E-state index in [1.807, 2.05) is 49.5 Å². The first kappa shape index (κ1) is 17.6. The zero-order chi connectivity index (χ0) is 17.8. The van der Waals surface area contributed by atoms with Crippen molar-refractivity contribution in [3.63, 3.8) is 0 Å². The van der Waals surface area contributed by atoms with Gasteiger partial charge in [0.05, 0.1) is 23.4 Å². The Morgan fingerprint density at radius 1 is 1.24 bits per heavy atom. The molecule has 0 radical (unpaired) electrons. The summed E-state index contributed by atoms with van der Waals surface area (Å²) in [5.74, 6) is 0.855. The number of nitrogens with zero attached hydrogens (tertiary/aromatic N) is 2. The molecule has 1 heterocycles. The second-order valence-electron chi connectivity index (χ2n) is 5.81. The fraction of sp³-hybridized carbons (Fsp3) is 0.263. The van der Waals surface area contributed by atoms with Crippen LogP contribution in [0.5, 0.6) is 5.75 Å². The molecule has 1 aromatic heterocycles. The number of hydrogen-bond donors (Lipinski definition) is 1. The number of rotatable bonds is 5. The minimum absolute atomic E-state index is 0.119. The molecule has 2 aromatic carbocycles. The number of thiocarbonyl (C=S) groups is 1. The Kier molecular flexibility index (Phi) is 5.50. The van der Waals surface area contributed by atoms with Crippen molar-refractivity contribution >= 4 is 38.9 Å². The Hall–Kier alpha value is -2.18. The Morgan fingerprint density at radius 3 is 2.64 bits per heavy atom. The summed E-state index contributed by atoms with van der Waals surface area (Å²) in [5, 5.41) is 5.09. The summed E-state index contributed by atoms with van der Waals surface area (Å²) < 4.78 is 6.38. The van der Waals surface area contributed by atoms with E-state index >= 15 is 0 Å². The fourth-order valence-electron chi connectivity index (χ4n) is 2.46. The number of hydrogen-bond acceptors (Lipinski definition) is 4. The van der Waals surface area contributed by atoms with Gasteiger partial charge in [0.25, 0.3) is 0 Å². The molecule has 25 heavy (non-hydrogen) atoms. The van der Waals surface area contributed by atoms with Crippen LogP contribution in [-0.2, 0) is 6.54 Å². The molecule has 0 aliphatic carbocycles. The lowest BCUT2D eigenvalue weighted by atomic mass is 10.2. The second kappa shape index (κ2) is 7.80. The molecular formula is C19H21N3OS2. The summed E-state index contributed by atoms with van der Waals surface area (Å²) in [5.41, 5.74) is 2.20. The normalized spacial score (nSPS) is 12.0. The largest absolute Gasteiger partial charge is 0.497 e. The predicted molar refractivity (Wildman–Crippen MR) is 108 cm³/mol. The maximum atomic E-state index is 5.55. The van der Waals surface area contributed by atoms with Crippen LogP contribution in [0.25, 0.3) is 10.2 Å². The van der Waals surface area contributed by atoms with Crippen molar-refractivity contribution in [3.8, 4) is 5.75 Å². The molecule has 4 nitrogen and oxygen atoms in total. The van der Waals surface area contributed by atoms with Crippen molar-refractivity contribution in [2.75, 3.05) is 14.2 Å². The third kappa shape index (κ3) is 4.08. The van der Waals surface area contributed by atoms with E-state index in [0.717, 1.165) is 21.8 Å². The lowest BCUT2D eigenvalue weighted by Crippen LogP contribution is -2.38. The highest BCUT2D eigenvalue weighted by atomic mass is 32.1. The van der Waals surface area contributed by atoms with Crippen molar-refractivity contribution < 1.29 is 4.74 Å². The first-order valence-corrected chi connectivity index (χ1v) is 9.30. The molecular weight excluding hydrogens is 350 g/mol. The highest BCUT2D eigenvalue weighted by Gasteiger charge is 2.18. The molecule has 6 heteroatoms. The molecule has 0 aliphatic heterocycles. The van der Waals surface area contributed by atoms with Gasteiger partial charge in [0, 0.05) is 13.6 Å². The second-order valence-corrected chi connectivity index (χ2v) is 7.26. The van der Waals surface area contributed by atoms with Gasteiger partial charge in [-0.3, -0.25) is 0 Å². The van der Waals surface area contributed by atoms with Gasteiger partial charge in [-0.15, -0.1) is 11.3 Å². The SMILES string of the molecule is COc1ccc(CNC(=S)N(C)[C@@H](C)c2nc3ccccc3s2)cc1. The topological polar surface area (TPSA) is 37.4 Å². The van der Waals surface area contributed by atoms with Crippen LogP contribution in [0.3, 0.4) is 0 Å². The van der Waals surface area contributed by atoms with Crippen LogP contribution in [0.1, 0.15) is 23.5 Å². The highest BCUT2D eigenvalue weighted by Crippen LogP contribution is 2.28.